The monoisotopic (exact) mass is 435 g/mol. The quantitative estimate of drug-likeness (QED) is 0.371. The van der Waals surface area contributed by atoms with Crippen molar-refractivity contribution in [3.63, 3.8) is 0 Å². The fourth-order valence-corrected chi connectivity index (χ4v) is 3.09. The smallest absolute Gasteiger partial charge is 0.262 e. The minimum absolute atomic E-state index is 0.0753. The Hall–Kier alpha value is -3.57. The number of nitrogens with one attached hydrogen (secondary N) is 1. The molecule has 6 heteroatoms. The highest BCUT2D eigenvalue weighted by atomic mass is 35.5. The molecule has 5 nitrogen and oxygen atoms in total. The molecule has 0 saturated carbocycles. The zero-order valence-corrected chi connectivity index (χ0v) is 18.0. The van der Waals surface area contributed by atoms with Crippen LogP contribution in [-0.4, -0.2) is 25.4 Å². The van der Waals surface area contributed by atoms with Crippen molar-refractivity contribution in [3.05, 3.63) is 94.5 Å². The maximum Gasteiger partial charge on any atom is 0.262 e. The summed E-state index contributed by atoms with van der Waals surface area (Å²) in [5.74, 6) is 0.451. The fourth-order valence-electron chi connectivity index (χ4n) is 2.91. The van der Waals surface area contributed by atoms with Crippen LogP contribution in [0.25, 0.3) is 6.08 Å². The van der Waals surface area contributed by atoms with Crippen LogP contribution >= 0.6 is 11.6 Å². The summed E-state index contributed by atoms with van der Waals surface area (Å²) in [4.78, 5) is 24.6. The Morgan fingerprint density at radius 3 is 2.48 bits per heavy atom. The van der Waals surface area contributed by atoms with Crippen LogP contribution in [0.5, 0.6) is 11.5 Å². The molecule has 0 saturated heterocycles. The summed E-state index contributed by atoms with van der Waals surface area (Å²) in [5, 5.41) is 3.15. The van der Waals surface area contributed by atoms with Crippen LogP contribution in [0.4, 0.5) is 5.69 Å². The van der Waals surface area contributed by atoms with E-state index in [1.165, 1.54) is 13.2 Å². The summed E-state index contributed by atoms with van der Waals surface area (Å²) in [6.07, 6.45) is 3.24. The second-order valence-electron chi connectivity index (χ2n) is 6.74. The Labute approximate surface area is 186 Å². The largest absolute Gasteiger partial charge is 0.493 e. The molecule has 0 aliphatic carbocycles. The number of methoxy groups -OCH3 is 1. The standard InChI is InChI=1S/C25H22ClNO4/c1-17-7-3-4-8-19(17)22(28)13-11-18-12-14-23(24(15-18)30-2)31-16-25(29)27-21-10-6-5-9-20(21)26/h3-15H,16H2,1-2H3,(H,27,29)/b13-11+. The van der Waals surface area contributed by atoms with E-state index < -0.39 is 0 Å². The fraction of sp³-hybridized carbons (Fsp3) is 0.120. The number of allylic oxidation sites excluding steroid dienone is 1. The molecule has 0 atom stereocenters. The van der Waals surface area contributed by atoms with Crippen LogP contribution in [-0.2, 0) is 4.79 Å². The van der Waals surface area contributed by atoms with E-state index in [0.717, 1.165) is 11.1 Å². The number of amides is 1. The lowest BCUT2D eigenvalue weighted by Crippen LogP contribution is -2.20. The van der Waals surface area contributed by atoms with E-state index in [-0.39, 0.29) is 18.3 Å². The molecule has 0 fully saturated rings. The number of ketones is 1. The normalized spacial score (nSPS) is 10.7. The van der Waals surface area contributed by atoms with Crippen molar-refractivity contribution in [1.82, 2.24) is 0 Å². The molecule has 1 amide bonds. The molecular weight excluding hydrogens is 414 g/mol. The van der Waals surface area contributed by atoms with Gasteiger partial charge in [-0.15, -0.1) is 0 Å². The first-order valence-electron chi connectivity index (χ1n) is 9.61. The van der Waals surface area contributed by atoms with Gasteiger partial charge >= 0.3 is 0 Å². The minimum Gasteiger partial charge on any atom is -0.493 e. The lowest BCUT2D eigenvalue weighted by atomic mass is 10.0. The predicted octanol–water partition coefficient (Wildman–Crippen LogP) is 5.57. The van der Waals surface area contributed by atoms with Crippen molar-refractivity contribution in [2.45, 2.75) is 6.92 Å². The second-order valence-corrected chi connectivity index (χ2v) is 7.15. The van der Waals surface area contributed by atoms with Gasteiger partial charge in [0.15, 0.2) is 23.9 Å². The first-order valence-corrected chi connectivity index (χ1v) is 9.99. The third kappa shape index (κ3) is 5.96. The summed E-state index contributed by atoms with van der Waals surface area (Å²) in [5.41, 5.74) is 2.87. The molecule has 0 radical (unpaired) electrons. The molecule has 0 unspecified atom stereocenters. The topological polar surface area (TPSA) is 64.6 Å². The van der Waals surface area contributed by atoms with Crippen LogP contribution < -0.4 is 14.8 Å². The van der Waals surface area contributed by atoms with Gasteiger partial charge in [-0.3, -0.25) is 9.59 Å². The third-order valence-corrected chi connectivity index (χ3v) is 4.86. The molecule has 0 bridgehead atoms. The number of benzene rings is 3. The molecule has 0 aliphatic heterocycles. The number of carbonyl (C=O) groups is 2. The van der Waals surface area contributed by atoms with Crippen LogP contribution in [0.1, 0.15) is 21.5 Å². The zero-order valence-electron chi connectivity index (χ0n) is 17.2. The molecule has 158 valence electrons. The Balaban J connectivity index is 1.64. The molecule has 3 aromatic rings. The highest BCUT2D eigenvalue weighted by Crippen LogP contribution is 2.29. The average Bonchev–Trinajstić information content (AvgIpc) is 2.78. The minimum atomic E-state index is -0.344. The van der Waals surface area contributed by atoms with Crippen molar-refractivity contribution in [1.29, 1.82) is 0 Å². The summed E-state index contributed by atoms with van der Waals surface area (Å²) < 4.78 is 11.0. The van der Waals surface area contributed by atoms with E-state index in [1.54, 1.807) is 54.6 Å². The Kier molecular flexibility index (Phi) is 7.46. The van der Waals surface area contributed by atoms with Crippen LogP contribution in [0.15, 0.2) is 72.8 Å². The molecular formula is C25H22ClNO4. The molecule has 0 heterocycles. The Morgan fingerprint density at radius 1 is 1.00 bits per heavy atom. The first kappa shape index (κ1) is 22.1. The maximum absolute atomic E-state index is 12.4. The van der Waals surface area contributed by atoms with Crippen molar-refractivity contribution < 1.29 is 19.1 Å². The van der Waals surface area contributed by atoms with Crippen molar-refractivity contribution in [3.8, 4) is 11.5 Å². The number of para-hydroxylation sites is 1. The molecule has 1 N–H and O–H groups in total. The molecule has 3 rings (SSSR count). The van der Waals surface area contributed by atoms with Gasteiger partial charge in [0.25, 0.3) is 5.91 Å². The van der Waals surface area contributed by atoms with E-state index >= 15 is 0 Å². The molecule has 0 aromatic heterocycles. The van der Waals surface area contributed by atoms with Gasteiger partial charge in [0, 0.05) is 5.56 Å². The van der Waals surface area contributed by atoms with E-state index in [1.807, 2.05) is 25.1 Å². The van der Waals surface area contributed by atoms with Gasteiger partial charge in [-0.2, -0.15) is 0 Å². The van der Waals surface area contributed by atoms with Crippen molar-refractivity contribution in [2.75, 3.05) is 19.0 Å². The van der Waals surface area contributed by atoms with Gasteiger partial charge in [-0.05, 0) is 48.4 Å². The zero-order chi connectivity index (χ0) is 22.2. The highest BCUT2D eigenvalue weighted by Gasteiger charge is 2.10. The molecule has 3 aromatic carbocycles. The lowest BCUT2D eigenvalue weighted by Gasteiger charge is -2.12. The van der Waals surface area contributed by atoms with Gasteiger partial charge in [-0.1, -0.05) is 60.1 Å². The number of ether oxygens (including phenoxy) is 2. The third-order valence-electron chi connectivity index (χ3n) is 4.53. The number of anilines is 1. The summed E-state index contributed by atoms with van der Waals surface area (Å²) >= 11 is 6.04. The number of halogens is 1. The van der Waals surface area contributed by atoms with Gasteiger partial charge in [0.1, 0.15) is 0 Å². The lowest BCUT2D eigenvalue weighted by molar-refractivity contribution is -0.118. The van der Waals surface area contributed by atoms with Gasteiger partial charge in [0.05, 0.1) is 17.8 Å². The average molecular weight is 436 g/mol. The Morgan fingerprint density at radius 2 is 1.74 bits per heavy atom. The predicted molar refractivity (Wildman–Crippen MR) is 123 cm³/mol. The van der Waals surface area contributed by atoms with Crippen LogP contribution in [0, 0.1) is 6.92 Å². The Bertz CT molecular complexity index is 1120. The molecule has 31 heavy (non-hydrogen) atoms. The van der Waals surface area contributed by atoms with Gasteiger partial charge in [0.2, 0.25) is 0 Å². The number of aryl methyl sites for hydroxylation is 1. The second kappa shape index (κ2) is 10.5. The number of hydrogen-bond donors (Lipinski definition) is 1. The summed E-state index contributed by atoms with van der Waals surface area (Å²) in [6, 6.07) is 19.6. The molecule has 0 spiro atoms. The van der Waals surface area contributed by atoms with Crippen molar-refractivity contribution in [2.24, 2.45) is 0 Å². The SMILES string of the molecule is COc1cc(/C=C/C(=O)c2ccccc2C)ccc1OCC(=O)Nc1ccccc1Cl. The van der Waals surface area contributed by atoms with Crippen LogP contribution in [0.2, 0.25) is 5.02 Å². The van der Waals surface area contributed by atoms with Crippen LogP contribution in [0.3, 0.4) is 0 Å². The van der Waals surface area contributed by atoms with E-state index in [9.17, 15) is 9.59 Å². The van der Waals surface area contributed by atoms with Gasteiger partial charge < -0.3 is 14.8 Å². The molecule has 0 aliphatic rings. The van der Waals surface area contributed by atoms with E-state index in [4.69, 9.17) is 21.1 Å². The first-order chi connectivity index (χ1) is 15.0. The number of rotatable bonds is 8. The maximum atomic E-state index is 12.4. The van der Waals surface area contributed by atoms with E-state index in [0.29, 0.717) is 27.8 Å². The van der Waals surface area contributed by atoms with Gasteiger partial charge in [-0.25, -0.2) is 0 Å². The summed E-state index contributed by atoms with van der Waals surface area (Å²) in [7, 11) is 1.51. The number of carbonyl (C=O) groups excluding carboxylic acids is 2. The highest BCUT2D eigenvalue weighted by molar-refractivity contribution is 6.33. The summed E-state index contributed by atoms with van der Waals surface area (Å²) in [6.45, 7) is 1.70. The van der Waals surface area contributed by atoms with E-state index in [2.05, 4.69) is 5.32 Å². The van der Waals surface area contributed by atoms with Crippen molar-refractivity contribution >= 4 is 35.1 Å². The number of hydrogen-bond acceptors (Lipinski definition) is 4.